The molecule has 0 atom stereocenters. The Bertz CT molecular complexity index is 95.7. The third-order valence-corrected chi connectivity index (χ3v) is 0.551. The van der Waals surface area contributed by atoms with Crippen molar-refractivity contribution < 1.29 is 14.6 Å². The van der Waals surface area contributed by atoms with E-state index in [-0.39, 0.29) is 0 Å². The van der Waals surface area contributed by atoms with Crippen LogP contribution in [0, 0.1) is 0 Å². The van der Waals surface area contributed by atoms with Crippen molar-refractivity contribution in [3.63, 3.8) is 0 Å². The molecule has 3 N–H and O–H groups in total. The maximum absolute atomic E-state index is 9.90. The fourth-order valence-corrected chi connectivity index (χ4v) is 0. The van der Waals surface area contributed by atoms with E-state index in [1.165, 1.54) is 13.8 Å². The monoisotopic (exact) mass is 149 g/mol. The first-order valence-electron chi connectivity index (χ1n) is 2.78. The number of rotatable bonds is 1. The second kappa shape index (κ2) is 5.20. The largest absolute Gasteiger partial charge is 0.480 e. The molecule has 0 fully saturated rings. The Labute approximate surface area is 61.0 Å². The van der Waals surface area contributed by atoms with E-state index in [0.29, 0.717) is 0 Å². The smallest absolute Gasteiger partial charge is 0.323 e. The minimum Gasteiger partial charge on any atom is -0.480 e. The molecule has 0 aliphatic carbocycles. The van der Waals surface area contributed by atoms with E-state index >= 15 is 0 Å². The Morgan fingerprint density at radius 3 is 1.60 bits per heavy atom. The summed E-state index contributed by atoms with van der Waals surface area (Å²) >= 11 is 0. The van der Waals surface area contributed by atoms with Crippen molar-refractivity contribution in [2.45, 2.75) is 19.4 Å². The van der Waals surface area contributed by atoms with Crippen LogP contribution in [0.15, 0.2) is 0 Å². The first kappa shape index (κ1) is 12.1. The van der Waals surface area contributed by atoms with Crippen LogP contribution in [0.2, 0.25) is 0 Å². The minimum absolute atomic E-state index is 0.979. The molecule has 0 saturated carbocycles. The van der Waals surface area contributed by atoms with Crippen LogP contribution >= 0.6 is 0 Å². The molecular formula is C6H15NO3. The number of hydrogen-bond donors (Lipinski definition) is 2. The standard InChI is InChI=1S/C4H9NO2.C2H6O/c1-4(2,5)3(6)7;1-3-2/h5H2,1-2H3,(H,6,7);1-2H3. The van der Waals surface area contributed by atoms with E-state index in [1.54, 1.807) is 14.2 Å². The van der Waals surface area contributed by atoms with Crippen LogP contribution in [0.3, 0.4) is 0 Å². The highest BCUT2D eigenvalue weighted by Gasteiger charge is 2.19. The van der Waals surface area contributed by atoms with Crippen molar-refractivity contribution in [2.75, 3.05) is 14.2 Å². The van der Waals surface area contributed by atoms with Crippen molar-refractivity contribution >= 4 is 5.97 Å². The van der Waals surface area contributed by atoms with Gasteiger partial charge in [0.05, 0.1) is 0 Å². The normalized spacial score (nSPS) is 9.70. The summed E-state index contributed by atoms with van der Waals surface area (Å²) in [6, 6.07) is 0. The zero-order valence-corrected chi connectivity index (χ0v) is 6.84. The lowest BCUT2D eigenvalue weighted by Gasteiger charge is -2.09. The molecule has 0 bridgehead atoms. The van der Waals surface area contributed by atoms with Crippen LogP contribution in [-0.4, -0.2) is 30.8 Å². The van der Waals surface area contributed by atoms with Gasteiger partial charge in [-0.2, -0.15) is 0 Å². The summed E-state index contributed by atoms with van der Waals surface area (Å²) < 4.78 is 4.25. The van der Waals surface area contributed by atoms with Gasteiger partial charge in [0.25, 0.3) is 0 Å². The Hall–Kier alpha value is -0.610. The van der Waals surface area contributed by atoms with Gasteiger partial charge in [-0.25, -0.2) is 0 Å². The lowest BCUT2D eigenvalue weighted by molar-refractivity contribution is -0.141. The van der Waals surface area contributed by atoms with Crippen LogP contribution in [0.5, 0.6) is 0 Å². The predicted octanol–water partition coefficient (Wildman–Crippen LogP) is 0.0709. The lowest BCUT2D eigenvalue weighted by atomic mass is 10.1. The third kappa shape index (κ3) is 10.4. The van der Waals surface area contributed by atoms with Crippen molar-refractivity contribution in [2.24, 2.45) is 5.73 Å². The van der Waals surface area contributed by atoms with Crippen molar-refractivity contribution in [3.05, 3.63) is 0 Å². The molecule has 0 spiro atoms. The van der Waals surface area contributed by atoms with Gasteiger partial charge >= 0.3 is 5.97 Å². The molecular weight excluding hydrogens is 134 g/mol. The number of carboxylic acid groups (broad SMARTS) is 1. The van der Waals surface area contributed by atoms with Crippen LogP contribution in [0.25, 0.3) is 0 Å². The maximum Gasteiger partial charge on any atom is 0.323 e. The average molecular weight is 149 g/mol. The third-order valence-electron chi connectivity index (χ3n) is 0.551. The molecule has 0 unspecified atom stereocenters. The lowest BCUT2D eigenvalue weighted by Crippen LogP contribution is -2.41. The number of hydrogen-bond acceptors (Lipinski definition) is 3. The van der Waals surface area contributed by atoms with Gasteiger partial charge in [-0.3, -0.25) is 4.79 Å². The second-order valence-electron chi connectivity index (χ2n) is 2.44. The molecule has 10 heavy (non-hydrogen) atoms. The zero-order chi connectivity index (χ0) is 8.78. The first-order chi connectivity index (χ1) is 4.36. The fourth-order valence-electron chi connectivity index (χ4n) is 0. The summed E-state index contributed by atoms with van der Waals surface area (Å²) in [5.41, 5.74) is 4.00. The summed E-state index contributed by atoms with van der Waals surface area (Å²) in [5.74, 6) is -0.979. The van der Waals surface area contributed by atoms with Gasteiger partial charge < -0.3 is 15.6 Å². The van der Waals surface area contributed by atoms with Crippen LogP contribution in [0.4, 0.5) is 0 Å². The van der Waals surface area contributed by atoms with Crippen molar-refractivity contribution in [3.8, 4) is 0 Å². The number of carboxylic acids is 1. The molecule has 0 aliphatic rings. The Kier molecular flexibility index (Phi) is 6.29. The van der Waals surface area contributed by atoms with Crippen LogP contribution < -0.4 is 5.73 Å². The SMILES string of the molecule is CC(C)(N)C(=O)O.COC. The number of aliphatic carboxylic acids is 1. The summed E-state index contributed by atoms with van der Waals surface area (Å²) in [4.78, 5) is 9.90. The van der Waals surface area contributed by atoms with Crippen LogP contribution in [-0.2, 0) is 9.53 Å². The Balaban J connectivity index is 0. The number of carbonyl (C=O) groups is 1. The van der Waals surface area contributed by atoms with E-state index in [4.69, 9.17) is 10.8 Å². The predicted molar refractivity (Wildman–Crippen MR) is 38.8 cm³/mol. The van der Waals surface area contributed by atoms with E-state index in [2.05, 4.69) is 4.74 Å². The molecule has 0 heterocycles. The average Bonchev–Trinajstić information content (AvgIpc) is 1.64. The Morgan fingerprint density at radius 2 is 1.60 bits per heavy atom. The van der Waals surface area contributed by atoms with Gasteiger partial charge in [-0.15, -0.1) is 0 Å². The molecule has 0 aliphatic heterocycles. The first-order valence-corrected chi connectivity index (χ1v) is 2.78. The van der Waals surface area contributed by atoms with E-state index in [1.807, 2.05) is 0 Å². The van der Waals surface area contributed by atoms with Crippen molar-refractivity contribution in [1.29, 1.82) is 0 Å². The van der Waals surface area contributed by atoms with Gasteiger partial charge in [-0.1, -0.05) is 0 Å². The molecule has 0 aromatic rings. The summed E-state index contributed by atoms with van der Waals surface area (Å²) in [6.45, 7) is 2.88. The highest BCUT2D eigenvalue weighted by atomic mass is 16.4. The Morgan fingerprint density at radius 1 is 1.50 bits per heavy atom. The number of methoxy groups -OCH3 is 1. The highest BCUT2D eigenvalue weighted by molar-refractivity contribution is 5.77. The van der Waals surface area contributed by atoms with Gasteiger partial charge in [-0.05, 0) is 13.8 Å². The molecule has 0 saturated heterocycles. The summed E-state index contributed by atoms with van der Waals surface area (Å²) in [7, 11) is 3.25. The van der Waals surface area contributed by atoms with E-state index in [0.717, 1.165) is 0 Å². The van der Waals surface area contributed by atoms with E-state index in [9.17, 15) is 4.79 Å². The topological polar surface area (TPSA) is 72.6 Å². The molecule has 4 heteroatoms. The van der Waals surface area contributed by atoms with Gasteiger partial charge in [0, 0.05) is 14.2 Å². The van der Waals surface area contributed by atoms with Crippen molar-refractivity contribution in [1.82, 2.24) is 0 Å². The second-order valence-corrected chi connectivity index (χ2v) is 2.44. The molecule has 0 radical (unpaired) electrons. The molecule has 0 aromatic heterocycles. The minimum atomic E-state index is -1.08. The van der Waals surface area contributed by atoms with Gasteiger partial charge in [0.1, 0.15) is 5.54 Å². The zero-order valence-electron chi connectivity index (χ0n) is 6.84. The van der Waals surface area contributed by atoms with Gasteiger partial charge in [0.2, 0.25) is 0 Å². The number of nitrogens with two attached hydrogens (primary N) is 1. The van der Waals surface area contributed by atoms with Crippen LogP contribution in [0.1, 0.15) is 13.8 Å². The van der Waals surface area contributed by atoms with Gasteiger partial charge in [0.15, 0.2) is 0 Å². The maximum atomic E-state index is 9.90. The molecule has 0 rings (SSSR count). The molecule has 0 aromatic carbocycles. The highest BCUT2D eigenvalue weighted by Crippen LogP contribution is 1.93. The molecule has 4 nitrogen and oxygen atoms in total. The number of ether oxygens (including phenoxy) is 1. The molecule has 0 amide bonds. The fraction of sp³-hybridized carbons (Fsp3) is 0.833. The van der Waals surface area contributed by atoms with E-state index < -0.39 is 11.5 Å². The quantitative estimate of drug-likeness (QED) is 0.553. The summed E-state index contributed by atoms with van der Waals surface area (Å²) in [5, 5.41) is 8.12. The molecule has 62 valence electrons. The summed E-state index contributed by atoms with van der Waals surface area (Å²) in [6.07, 6.45) is 0.